The first kappa shape index (κ1) is 14.0. The van der Waals surface area contributed by atoms with Gasteiger partial charge in [0.1, 0.15) is 17.5 Å². The topological polar surface area (TPSA) is 73.1 Å². The Morgan fingerprint density at radius 1 is 1.30 bits per heavy atom. The van der Waals surface area contributed by atoms with Gasteiger partial charge in [0.25, 0.3) is 0 Å². The van der Waals surface area contributed by atoms with Gasteiger partial charge in [0, 0.05) is 17.3 Å². The average molecular weight is 276 g/mol. The van der Waals surface area contributed by atoms with Gasteiger partial charge in [-0.25, -0.2) is 14.4 Å². The molecule has 0 aliphatic carbocycles. The standard InChI is InChI=1S/C14H17FN4O/c1-4-20-12-6-5-10(7-11(12)15)19-14-8(2)13(16)17-9(3)18-14/h5-7H,4H2,1-3H3,(H3,16,17,18,19). The van der Waals surface area contributed by atoms with Crippen LogP contribution in [0.5, 0.6) is 5.75 Å². The van der Waals surface area contributed by atoms with Gasteiger partial charge < -0.3 is 15.8 Å². The monoisotopic (exact) mass is 276 g/mol. The number of nitrogen functional groups attached to an aromatic ring is 1. The number of rotatable bonds is 4. The Balaban J connectivity index is 2.29. The lowest BCUT2D eigenvalue weighted by molar-refractivity contribution is 0.321. The maximum absolute atomic E-state index is 13.8. The SMILES string of the molecule is CCOc1ccc(Nc2nc(C)nc(N)c2C)cc1F. The van der Waals surface area contributed by atoms with E-state index in [4.69, 9.17) is 10.5 Å². The molecule has 0 atom stereocenters. The molecule has 0 amide bonds. The summed E-state index contributed by atoms with van der Waals surface area (Å²) in [4.78, 5) is 8.33. The average Bonchev–Trinajstić information content (AvgIpc) is 2.39. The van der Waals surface area contributed by atoms with Crippen molar-refractivity contribution < 1.29 is 9.13 Å². The van der Waals surface area contributed by atoms with E-state index in [0.29, 0.717) is 29.8 Å². The molecule has 6 heteroatoms. The van der Waals surface area contributed by atoms with Gasteiger partial charge >= 0.3 is 0 Å². The van der Waals surface area contributed by atoms with Gasteiger partial charge in [-0.05, 0) is 32.9 Å². The predicted molar refractivity (Wildman–Crippen MR) is 76.8 cm³/mol. The van der Waals surface area contributed by atoms with Crippen LogP contribution in [-0.2, 0) is 0 Å². The van der Waals surface area contributed by atoms with E-state index in [1.165, 1.54) is 6.07 Å². The lowest BCUT2D eigenvalue weighted by Gasteiger charge is -2.12. The van der Waals surface area contributed by atoms with Gasteiger partial charge in [-0.1, -0.05) is 0 Å². The Labute approximate surface area is 117 Å². The van der Waals surface area contributed by atoms with Crippen LogP contribution >= 0.6 is 0 Å². The Hall–Kier alpha value is -2.37. The summed E-state index contributed by atoms with van der Waals surface area (Å²) in [5.41, 5.74) is 7.09. The Morgan fingerprint density at radius 3 is 2.70 bits per heavy atom. The minimum Gasteiger partial charge on any atom is -0.491 e. The molecule has 0 saturated carbocycles. The molecule has 0 unspecified atom stereocenters. The fourth-order valence-corrected chi connectivity index (χ4v) is 1.76. The number of aryl methyl sites for hydroxylation is 1. The van der Waals surface area contributed by atoms with E-state index in [-0.39, 0.29) is 5.75 Å². The molecular formula is C14H17FN4O. The Morgan fingerprint density at radius 2 is 2.05 bits per heavy atom. The highest BCUT2D eigenvalue weighted by molar-refractivity contribution is 5.64. The fraction of sp³-hybridized carbons (Fsp3) is 0.286. The molecule has 5 nitrogen and oxygen atoms in total. The first-order valence-corrected chi connectivity index (χ1v) is 6.31. The lowest BCUT2D eigenvalue weighted by atomic mass is 10.2. The number of hydrogen-bond donors (Lipinski definition) is 2. The van der Waals surface area contributed by atoms with Crippen molar-refractivity contribution in [3.05, 3.63) is 35.4 Å². The zero-order chi connectivity index (χ0) is 14.7. The fourth-order valence-electron chi connectivity index (χ4n) is 1.76. The summed E-state index contributed by atoms with van der Waals surface area (Å²) in [5, 5.41) is 3.04. The second-order valence-corrected chi connectivity index (χ2v) is 4.33. The predicted octanol–water partition coefficient (Wildman–Crippen LogP) is 2.96. The van der Waals surface area contributed by atoms with Crippen molar-refractivity contribution in [3.63, 3.8) is 0 Å². The summed E-state index contributed by atoms with van der Waals surface area (Å²) in [6.45, 7) is 5.79. The highest BCUT2D eigenvalue weighted by Gasteiger charge is 2.09. The molecule has 1 aromatic carbocycles. The van der Waals surface area contributed by atoms with Crippen LogP contribution < -0.4 is 15.8 Å². The van der Waals surface area contributed by atoms with E-state index < -0.39 is 5.82 Å². The maximum atomic E-state index is 13.8. The minimum absolute atomic E-state index is 0.230. The van der Waals surface area contributed by atoms with Crippen molar-refractivity contribution in [1.29, 1.82) is 0 Å². The van der Waals surface area contributed by atoms with E-state index in [1.807, 2.05) is 6.92 Å². The summed E-state index contributed by atoms with van der Waals surface area (Å²) >= 11 is 0. The molecule has 0 spiro atoms. The highest BCUT2D eigenvalue weighted by atomic mass is 19.1. The van der Waals surface area contributed by atoms with Gasteiger partial charge in [-0.3, -0.25) is 0 Å². The number of nitrogens with two attached hydrogens (primary N) is 1. The number of nitrogens with one attached hydrogen (secondary N) is 1. The van der Waals surface area contributed by atoms with Crippen LogP contribution in [0, 0.1) is 19.7 Å². The molecule has 0 radical (unpaired) electrons. The third kappa shape index (κ3) is 2.96. The second-order valence-electron chi connectivity index (χ2n) is 4.33. The van der Waals surface area contributed by atoms with Crippen molar-refractivity contribution in [1.82, 2.24) is 9.97 Å². The van der Waals surface area contributed by atoms with Crippen LogP contribution in [0.1, 0.15) is 18.3 Å². The largest absolute Gasteiger partial charge is 0.491 e. The summed E-state index contributed by atoms with van der Waals surface area (Å²) in [6.07, 6.45) is 0. The lowest BCUT2D eigenvalue weighted by Crippen LogP contribution is -2.05. The third-order valence-electron chi connectivity index (χ3n) is 2.79. The molecule has 1 heterocycles. The number of nitrogens with zero attached hydrogens (tertiary/aromatic N) is 2. The molecule has 20 heavy (non-hydrogen) atoms. The van der Waals surface area contributed by atoms with Crippen molar-refractivity contribution in [2.24, 2.45) is 0 Å². The zero-order valence-electron chi connectivity index (χ0n) is 11.7. The van der Waals surface area contributed by atoms with Gasteiger partial charge in [-0.2, -0.15) is 0 Å². The zero-order valence-corrected chi connectivity index (χ0v) is 11.7. The van der Waals surface area contributed by atoms with E-state index in [2.05, 4.69) is 15.3 Å². The second kappa shape index (κ2) is 5.73. The van der Waals surface area contributed by atoms with Crippen LogP contribution in [0.4, 0.5) is 21.7 Å². The summed E-state index contributed by atoms with van der Waals surface area (Å²) in [6, 6.07) is 4.66. The molecule has 0 saturated heterocycles. The van der Waals surface area contributed by atoms with Crippen LogP contribution in [0.2, 0.25) is 0 Å². The molecule has 3 N–H and O–H groups in total. The van der Waals surface area contributed by atoms with Crippen LogP contribution in [0.15, 0.2) is 18.2 Å². The quantitative estimate of drug-likeness (QED) is 0.898. The summed E-state index contributed by atoms with van der Waals surface area (Å²) < 4.78 is 18.9. The van der Waals surface area contributed by atoms with E-state index in [1.54, 1.807) is 26.0 Å². The minimum atomic E-state index is -0.423. The number of anilines is 3. The van der Waals surface area contributed by atoms with Gasteiger partial charge in [0.05, 0.1) is 6.61 Å². The van der Waals surface area contributed by atoms with Crippen LogP contribution in [-0.4, -0.2) is 16.6 Å². The van der Waals surface area contributed by atoms with Crippen LogP contribution in [0.25, 0.3) is 0 Å². The van der Waals surface area contributed by atoms with Crippen LogP contribution in [0.3, 0.4) is 0 Å². The highest BCUT2D eigenvalue weighted by Crippen LogP contribution is 2.25. The van der Waals surface area contributed by atoms with E-state index >= 15 is 0 Å². The Kier molecular flexibility index (Phi) is 4.02. The smallest absolute Gasteiger partial charge is 0.167 e. The van der Waals surface area contributed by atoms with Crippen molar-refractivity contribution in [2.75, 3.05) is 17.7 Å². The van der Waals surface area contributed by atoms with E-state index in [0.717, 1.165) is 5.56 Å². The first-order chi connectivity index (χ1) is 9.51. The number of benzene rings is 1. The molecule has 0 bridgehead atoms. The van der Waals surface area contributed by atoms with E-state index in [9.17, 15) is 4.39 Å². The van der Waals surface area contributed by atoms with Crippen molar-refractivity contribution in [2.45, 2.75) is 20.8 Å². The molecule has 2 aromatic rings. The number of aromatic nitrogens is 2. The Bertz CT molecular complexity index is 631. The molecule has 0 aliphatic heterocycles. The number of halogens is 1. The number of hydrogen-bond acceptors (Lipinski definition) is 5. The molecule has 2 rings (SSSR count). The number of ether oxygens (including phenoxy) is 1. The first-order valence-electron chi connectivity index (χ1n) is 6.31. The third-order valence-corrected chi connectivity index (χ3v) is 2.79. The van der Waals surface area contributed by atoms with Gasteiger partial charge in [0.15, 0.2) is 11.6 Å². The maximum Gasteiger partial charge on any atom is 0.167 e. The van der Waals surface area contributed by atoms with Crippen molar-refractivity contribution >= 4 is 17.3 Å². The summed E-state index contributed by atoms with van der Waals surface area (Å²) in [7, 11) is 0. The van der Waals surface area contributed by atoms with Gasteiger partial charge in [0.2, 0.25) is 0 Å². The molecule has 1 aromatic heterocycles. The molecular weight excluding hydrogens is 259 g/mol. The normalized spacial score (nSPS) is 10.4. The molecule has 0 fully saturated rings. The molecule has 106 valence electrons. The van der Waals surface area contributed by atoms with Crippen molar-refractivity contribution in [3.8, 4) is 5.75 Å². The summed E-state index contributed by atoms with van der Waals surface area (Å²) in [5.74, 6) is 1.34. The van der Waals surface area contributed by atoms with Gasteiger partial charge in [-0.15, -0.1) is 0 Å². The molecule has 0 aliphatic rings.